The third kappa shape index (κ3) is 3.81. The van der Waals surface area contributed by atoms with Gasteiger partial charge in [0.2, 0.25) is 11.8 Å². The second kappa shape index (κ2) is 7.02. The Bertz CT molecular complexity index is 487. The summed E-state index contributed by atoms with van der Waals surface area (Å²) in [7, 11) is 0. The second-order valence-electron chi connectivity index (χ2n) is 5.93. The van der Waals surface area contributed by atoms with Crippen LogP contribution in [0.25, 0.3) is 0 Å². The van der Waals surface area contributed by atoms with Gasteiger partial charge in [0.25, 0.3) is 0 Å². The molecule has 2 rings (SSSR count). The van der Waals surface area contributed by atoms with E-state index in [4.69, 9.17) is 0 Å². The summed E-state index contributed by atoms with van der Waals surface area (Å²) in [5.74, 6) is 0.377. The molecule has 1 aromatic heterocycles. The first-order valence-electron chi connectivity index (χ1n) is 7.51. The molecule has 21 heavy (non-hydrogen) atoms. The Morgan fingerprint density at radius 1 is 1.43 bits per heavy atom. The summed E-state index contributed by atoms with van der Waals surface area (Å²) in [4.78, 5) is 31.9. The van der Waals surface area contributed by atoms with Gasteiger partial charge in [0.15, 0.2) is 0 Å². The van der Waals surface area contributed by atoms with Gasteiger partial charge in [-0.05, 0) is 18.8 Å². The van der Waals surface area contributed by atoms with Crippen LogP contribution >= 0.6 is 11.3 Å². The maximum absolute atomic E-state index is 12.7. The highest BCUT2D eigenvalue weighted by Crippen LogP contribution is 2.22. The van der Waals surface area contributed by atoms with E-state index in [1.54, 1.807) is 16.6 Å². The van der Waals surface area contributed by atoms with Gasteiger partial charge in [0, 0.05) is 11.1 Å². The maximum Gasteiger partial charge on any atom is 0.246 e. The number of hydrogen-bond acceptors (Lipinski definition) is 4. The lowest BCUT2D eigenvalue weighted by atomic mass is 9.96. The second-order valence-corrected chi connectivity index (χ2v) is 6.90. The standard InChI is InChI=1S/C15H23N3O2S/c1-4-5-12-15(20)18(8-11-7-16-9-21-11)13(6-10(2)3)14(19)17-12/h7,9-10,12-13H,4-6,8H2,1-3H3,(H,17,19). The predicted octanol–water partition coefficient (Wildman–Crippen LogP) is 2.18. The van der Waals surface area contributed by atoms with Crippen LogP contribution in [-0.2, 0) is 16.1 Å². The molecule has 1 fully saturated rings. The first-order chi connectivity index (χ1) is 10.0. The SMILES string of the molecule is CCCC1NC(=O)C(CC(C)C)N(Cc2cncs2)C1=O. The Labute approximate surface area is 129 Å². The highest BCUT2D eigenvalue weighted by Gasteiger charge is 2.40. The number of carbonyl (C=O) groups excluding carboxylic acids is 2. The van der Waals surface area contributed by atoms with Gasteiger partial charge in [-0.15, -0.1) is 11.3 Å². The number of rotatable bonds is 6. The lowest BCUT2D eigenvalue weighted by Gasteiger charge is -2.39. The Morgan fingerprint density at radius 2 is 2.19 bits per heavy atom. The fraction of sp³-hybridized carbons (Fsp3) is 0.667. The molecule has 5 nitrogen and oxygen atoms in total. The quantitative estimate of drug-likeness (QED) is 0.876. The molecule has 2 heterocycles. The molecule has 0 aliphatic carbocycles. The minimum atomic E-state index is -0.376. The van der Waals surface area contributed by atoms with E-state index in [-0.39, 0.29) is 23.9 Å². The molecular formula is C15H23N3O2S. The van der Waals surface area contributed by atoms with E-state index >= 15 is 0 Å². The third-order valence-corrected chi connectivity index (χ3v) is 4.42. The van der Waals surface area contributed by atoms with Crippen molar-refractivity contribution in [2.45, 2.75) is 58.7 Å². The number of amides is 2. The molecule has 0 bridgehead atoms. The number of hydrogen-bond donors (Lipinski definition) is 1. The van der Waals surface area contributed by atoms with Gasteiger partial charge in [-0.2, -0.15) is 0 Å². The highest BCUT2D eigenvalue weighted by molar-refractivity contribution is 7.09. The summed E-state index contributed by atoms with van der Waals surface area (Å²) in [6.07, 6.45) is 4.03. The van der Waals surface area contributed by atoms with E-state index in [1.165, 1.54) is 11.3 Å². The minimum Gasteiger partial charge on any atom is -0.343 e. The summed E-state index contributed by atoms with van der Waals surface area (Å²) >= 11 is 1.52. The summed E-state index contributed by atoms with van der Waals surface area (Å²) < 4.78 is 0. The smallest absolute Gasteiger partial charge is 0.246 e. The minimum absolute atomic E-state index is 0.0220. The topological polar surface area (TPSA) is 62.3 Å². The molecule has 6 heteroatoms. The molecule has 1 saturated heterocycles. The Balaban J connectivity index is 2.21. The maximum atomic E-state index is 12.7. The number of piperazine rings is 1. The lowest BCUT2D eigenvalue weighted by molar-refractivity contribution is -0.150. The summed E-state index contributed by atoms with van der Waals surface area (Å²) in [5.41, 5.74) is 1.75. The van der Waals surface area contributed by atoms with Crippen molar-refractivity contribution in [1.29, 1.82) is 0 Å². The van der Waals surface area contributed by atoms with Crippen LogP contribution in [0.15, 0.2) is 11.7 Å². The molecular weight excluding hydrogens is 286 g/mol. The van der Waals surface area contributed by atoms with Gasteiger partial charge in [0.1, 0.15) is 12.1 Å². The molecule has 116 valence electrons. The normalized spacial score (nSPS) is 22.8. The zero-order valence-corrected chi connectivity index (χ0v) is 13.7. The van der Waals surface area contributed by atoms with Crippen molar-refractivity contribution < 1.29 is 9.59 Å². The molecule has 0 radical (unpaired) electrons. The van der Waals surface area contributed by atoms with Crippen molar-refractivity contribution in [1.82, 2.24) is 15.2 Å². The van der Waals surface area contributed by atoms with Crippen LogP contribution in [0.3, 0.4) is 0 Å². The average Bonchev–Trinajstić information content (AvgIpc) is 2.92. The van der Waals surface area contributed by atoms with Gasteiger partial charge in [-0.25, -0.2) is 0 Å². The molecule has 1 N–H and O–H groups in total. The van der Waals surface area contributed by atoms with E-state index in [2.05, 4.69) is 24.1 Å². The van der Waals surface area contributed by atoms with E-state index in [0.29, 0.717) is 25.3 Å². The van der Waals surface area contributed by atoms with Crippen molar-refractivity contribution in [3.63, 3.8) is 0 Å². The van der Waals surface area contributed by atoms with Gasteiger partial charge >= 0.3 is 0 Å². The molecule has 1 aromatic rings. The van der Waals surface area contributed by atoms with E-state index in [0.717, 1.165) is 11.3 Å². The molecule has 2 atom stereocenters. The van der Waals surface area contributed by atoms with Crippen molar-refractivity contribution in [2.75, 3.05) is 0 Å². The number of thiazole rings is 1. The molecule has 0 aromatic carbocycles. The van der Waals surface area contributed by atoms with Crippen LogP contribution in [0.4, 0.5) is 0 Å². The van der Waals surface area contributed by atoms with Crippen molar-refractivity contribution in [2.24, 2.45) is 5.92 Å². The fourth-order valence-corrected chi connectivity index (χ4v) is 3.26. The lowest BCUT2D eigenvalue weighted by Crippen LogP contribution is -2.63. The van der Waals surface area contributed by atoms with Gasteiger partial charge in [-0.1, -0.05) is 27.2 Å². The van der Waals surface area contributed by atoms with Gasteiger partial charge in [-0.3, -0.25) is 14.6 Å². The Kier molecular flexibility index (Phi) is 5.33. The molecule has 0 spiro atoms. The predicted molar refractivity (Wildman–Crippen MR) is 82.7 cm³/mol. The summed E-state index contributed by atoms with van der Waals surface area (Å²) in [6.45, 7) is 6.64. The van der Waals surface area contributed by atoms with Crippen LogP contribution in [-0.4, -0.2) is 33.8 Å². The largest absolute Gasteiger partial charge is 0.343 e. The average molecular weight is 309 g/mol. The number of carbonyl (C=O) groups is 2. The first kappa shape index (κ1) is 15.9. The number of nitrogens with one attached hydrogen (secondary N) is 1. The van der Waals surface area contributed by atoms with Crippen LogP contribution in [0.2, 0.25) is 0 Å². The monoisotopic (exact) mass is 309 g/mol. The van der Waals surface area contributed by atoms with E-state index < -0.39 is 0 Å². The van der Waals surface area contributed by atoms with Crippen LogP contribution in [0.1, 0.15) is 44.9 Å². The van der Waals surface area contributed by atoms with Crippen LogP contribution < -0.4 is 5.32 Å². The van der Waals surface area contributed by atoms with Crippen molar-refractivity contribution in [3.8, 4) is 0 Å². The van der Waals surface area contributed by atoms with E-state index in [9.17, 15) is 9.59 Å². The zero-order valence-electron chi connectivity index (χ0n) is 12.8. The fourth-order valence-electron chi connectivity index (χ4n) is 2.67. The van der Waals surface area contributed by atoms with Crippen LogP contribution in [0.5, 0.6) is 0 Å². The molecule has 1 aliphatic rings. The number of nitrogens with zero attached hydrogens (tertiary/aromatic N) is 2. The Morgan fingerprint density at radius 3 is 2.76 bits per heavy atom. The van der Waals surface area contributed by atoms with Crippen molar-refractivity contribution >= 4 is 23.2 Å². The van der Waals surface area contributed by atoms with Crippen LogP contribution in [0, 0.1) is 5.92 Å². The highest BCUT2D eigenvalue weighted by atomic mass is 32.1. The summed E-state index contributed by atoms with van der Waals surface area (Å²) in [6, 6.07) is -0.744. The summed E-state index contributed by atoms with van der Waals surface area (Å²) in [5, 5.41) is 2.89. The first-order valence-corrected chi connectivity index (χ1v) is 8.39. The van der Waals surface area contributed by atoms with E-state index in [1.807, 2.05) is 6.92 Å². The zero-order chi connectivity index (χ0) is 15.4. The number of aromatic nitrogens is 1. The Hall–Kier alpha value is -1.43. The van der Waals surface area contributed by atoms with Crippen molar-refractivity contribution in [3.05, 3.63) is 16.6 Å². The molecule has 0 saturated carbocycles. The van der Waals surface area contributed by atoms with Gasteiger partial charge < -0.3 is 10.2 Å². The molecule has 2 amide bonds. The van der Waals surface area contributed by atoms with Gasteiger partial charge in [0.05, 0.1) is 12.1 Å². The third-order valence-electron chi connectivity index (χ3n) is 3.66. The molecule has 1 aliphatic heterocycles. The molecule has 2 unspecified atom stereocenters.